The summed E-state index contributed by atoms with van der Waals surface area (Å²) in [4.78, 5) is 42.2. The summed E-state index contributed by atoms with van der Waals surface area (Å²) < 4.78 is 10.9. The van der Waals surface area contributed by atoms with Gasteiger partial charge in [-0.05, 0) is 85.2 Å². The van der Waals surface area contributed by atoms with Crippen molar-refractivity contribution in [2.45, 2.75) is 37.6 Å². The monoisotopic (exact) mass is 583 g/mol. The molecule has 1 saturated carbocycles. The molecule has 2 fully saturated rings. The summed E-state index contributed by atoms with van der Waals surface area (Å²) in [5.74, 6) is -0.543. The number of carbonyl (C=O) groups is 3. The minimum absolute atomic E-state index is 0.00277. The predicted molar refractivity (Wildman–Crippen MR) is 164 cm³/mol. The second-order valence-electron chi connectivity index (χ2n) is 11.5. The van der Waals surface area contributed by atoms with Crippen molar-refractivity contribution in [1.82, 2.24) is 5.32 Å². The lowest BCUT2D eigenvalue weighted by molar-refractivity contribution is -0.123. The van der Waals surface area contributed by atoms with Crippen LogP contribution >= 0.6 is 0 Å². The van der Waals surface area contributed by atoms with Gasteiger partial charge in [0.2, 0.25) is 5.91 Å². The number of nitrogens with one attached hydrogen (secondary N) is 1. The lowest BCUT2D eigenvalue weighted by atomic mass is 9.79. The highest BCUT2D eigenvalue weighted by molar-refractivity contribution is 6.01. The first-order valence-corrected chi connectivity index (χ1v) is 15.0. The van der Waals surface area contributed by atoms with Crippen LogP contribution in [0.4, 0.5) is 11.4 Å². The first-order chi connectivity index (χ1) is 20.9. The maximum absolute atomic E-state index is 14.4. The van der Waals surface area contributed by atoms with E-state index >= 15 is 0 Å². The van der Waals surface area contributed by atoms with Gasteiger partial charge in [0.15, 0.2) is 6.61 Å². The van der Waals surface area contributed by atoms with Crippen LogP contribution in [0.3, 0.4) is 0 Å². The number of fused-ring (bicyclic) bond motifs is 1. The summed E-state index contributed by atoms with van der Waals surface area (Å²) in [5.41, 5.74) is 4.76. The summed E-state index contributed by atoms with van der Waals surface area (Å²) in [6.07, 6.45) is 3.43. The molecule has 43 heavy (non-hydrogen) atoms. The van der Waals surface area contributed by atoms with Crippen molar-refractivity contribution < 1.29 is 29.0 Å². The number of hydrogen-bond acceptors (Lipinski definition) is 6. The molecule has 3 aromatic carbocycles. The number of nitrogens with zero attached hydrogens (tertiary/aromatic N) is 2. The molecule has 6 rings (SSSR count). The normalized spacial score (nSPS) is 19.8. The predicted octanol–water partition coefficient (Wildman–Crippen LogP) is 4.70. The number of rotatable bonds is 10. The molecule has 224 valence electrons. The van der Waals surface area contributed by atoms with Crippen molar-refractivity contribution in [2.24, 2.45) is 5.92 Å². The SMILES string of the molecule is COCCCN1C(=O)COc2ccc(N(C(=O)[C@H]3CNCC[C@@H]3c3cccc(-c4ccc(C(=O)O)cc4)c3)C3CC3)cc21. The van der Waals surface area contributed by atoms with E-state index in [2.05, 4.69) is 17.4 Å². The molecule has 2 heterocycles. The van der Waals surface area contributed by atoms with Crippen LogP contribution in [0, 0.1) is 5.92 Å². The average molecular weight is 584 g/mol. The first-order valence-electron chi connectivity index (χ1n) is 15.0. The van der Waals surface area contributed by atoms with Crippen LogP contribution in [0.1, 0.15) is 47.5 Å². The quantitative estimate of drug-likeness (QED) is 0.333. The third kappa shape index (κ3) is 6.14. The minimum Gasteiger partial charge on any atom is -0.482 e. The highest BCUT2D eigenvalue weighted by Crippen LogP contribution is 2.42. The molecule has 1 aliphatic carbocycles. The van der Waals surface area contributed by atoms with Crippen molar-refractivity contribution in [3.8, 4) is 16.9 Å². The molecule has 2 amide bonds. The number of carboxylic acid groups (broad SMARTS) is 1. The number of hydrogen-bond donors (Lipinski definition) is 2. The number of methoxy groups -OCH3 is 1. The maximum atomic E-state index is 14.4. The molecule has 0 spiro atoms. The number of anilines is 2. The van der Waals surface area contributed by atoms with E-state index in [0.717, 1.165) is 48.2 Å². The Morgan fingerprint density at radius 3 is 2.60 bits per heavy atom. The molecular formula is C34H37N3O6. The summed E-state index contributed by atoms with van der Waals surface area (Å²) in [5, 5.41) is 12.7. The minimum atomic E-state index is -0.951. The third-order valence-electron chi connectivity index (χ3n) is 8.62. The van der Waals surface area contributed by atoms with Crippen LogP contribution in [0.2, 0.25) is 0 Å². The van der Waals surface area contributed by atoms with E-state index < -0.39 is 5.97 Å². The number of amides is 2. The lowest BCUT2D eigenvalue weighted by Gasteiger charge is -2.36. The average Bonchev–Trinajstić information content (AvgIpc) is 3.87. The number of benzene rings is 3. The molecule has 3 aliphatic rings. The molecule has 0 aromatic heterocycles. The Morgan fingerprint density at radius 2 is 1.86 bits per heavy atom. The summed E-state index contributed by atoms with van der Waals surface area (Å²) in [6, 6.07) is 21.0. The summed E-state index contributed by atoms with van der Waals surface area (Å²) >= 11 is 0. The molecule has 9 nitrogen and oxygen atoms in total. The molecule has 0 radical (unpaired) electrons. The van der Waals surface area contributed by atoms with Gasteiger partial charge in [0.1, 0.15) is 5.75 Å². The van der Waals surface area contributed by atoms with Crippen LogP contribution < -0.4 is 19.9 Å². The molecule has 2 N–H and O–H groups in total. The lowest BCUT2D eigenvalue weighted by Crippen LogP contribution is -2.47. The van der Waals surface area contributed by atoms with Crippen molar-refractivity contribution in [2.75, 3.05) is 49.8 Å². The maximum Gasteiger partial charge on any atom is 0.335 e. The molecule has 1 saturated heterocycles. The highest BCUT2D eigenvalue weighted by atomic mass is 16.5. The van der Waals surface area contributed by atoms with Gasteiger partial charge in [-0.1, -0.05) is 36.4 Å². The van der Waals surface area contributed by atoms with Crippen molar-refractivity contribution in [1.29, 1.82) is 0 Å². The summed E-state index contributed by atoms with van der Waals surface area (Å²) in [6.45, 7) is 2.48. The number of piperidine rings is 1. The zero-order valence-corrected chi connectivity index (χ0v) is 24.3. The van der Waals surface area contributed by atoms with E-state index in [0.29, 0.717) is 37.6 Å². The van der Waals surface area contributed by atoms with Crippen LogP contribution in [0.25, 0.3) is 11.1 Å². The summed E-state index contributed by atoms with van der Waals surface area (Å²) in [7, 11) is 1.65. The van der Waals surface area contributed by atoms with Crippen LogP contribution in [-0.2, 0) is 14.3 Å². The molecule has 2 atom stereocenters. The van der Waals surface area contributed by atoms with E-state index in [1.807, 2.05) is 47.4 Å². The Balaban J connectivity index is 1.28. The van der Waals surface area contributed by atoms with Crippen molar-refractivity contribution in [3.05, 3.63) is 77.9 Å². The standard InChI is InChI=1S/C34H37N3O6/c1-42-17-3-16-36-30-19-27(12-13-31(30)43-21-32(36)38)37(26-10-11-26)33(39)29-20-35-15-14-28(29)25-5-2-4-24(18-25)22-6-8-23(9-7-22)34(40)41/h2,4-9,12-13,18-19,26,28-29,35H,3,10-11,14-17,20-21H2,1H3,(H,40,41)/t28-,29+/m1/s1. The van der Waals surface area contributed by atoms with Crippen LogP contribution in [0.15, 0.2) is 66.7 Å². The Hall–Kier alpha value is -4.21. The van der Waals surface area contributed by atoms with Gasteiger partial charge in [-0.2, -0.15) is 0 Å². The fraction of sp³-hybridized carbons (Fsp3) is 0.382. The second kappa shape index (κ2) is 12.6. The van der Waals surface area contributed by atoms with Gasteiger partial charge in [0.25, 0.3) is 5.91 Å². The molecule has 2 aliphatic heterocycles. The van der Waals surface area contributed by atoms with Crippen LogP contribution in [0.5, 0.6) is 5.75 Å². The Bertz CT molecular complexity index is 1500. The Kier molecular flexibility index (Phi) is 8.44. The van der Waals surface area contributed by atoms with E-state index in [1.165, 1.54) is 0 Å². The molecular weight excluding hydrogens is 546 g/mol. The van der Waals surface area contributed by atoms with E-state index in [9.17, 15) is 19.5 Å². The number of carbonyl (C=O) groups excluding carboxylic acids is 2. The Labute approximate surface area is 251 Å². The van der Waals surface area contributed by atoms with E-state index in [1.54, 1.807) is 24.1 Å². The zero-order valence-electron chi connectivity index (χ0n) is 24.3. The molecule has 0 bridgehead atoms. The number of aromatic carboxylic acids is 1. The molecule has 0 unspecified atom stereocenters. The second-order valence-corrected chi connectivity index (χ2v) is 11.5. The topological polar surface area (TPSA) is 108 Å². The van der Waals surface area contributed by atoms with Crippen LogP contribution in [-0.4, -0.2) is 68.9 Å². The number of ether oxygens (including phenoxy) is 2. The zero-order chi connectivity index (χ0) is 29.9. The highest BCUT2D eigenvalue weighted by Gasteiger charge is 2.41. The van der Waals surface area contributed by atoms with Gasteiger partial charge >= 0.3 is 5.97 Å². The largest absolute Gasteiger partial charge is 0.482 e. The van der Waals surface area contributed by atoms with Crippen molar-refractivity contribution in [3.63, 3.8) is 0 Å². The third-order valence-corrected chi connectivity index (χ3v) is 8.62. The van der Waals surface area contributed by atoms with Gasteiger partial charge in [0.05, 0.1) is 17.2 Å². The van der Waals surface area contributed by atoms with E-state index in [-0.39, 0.29) is 41.9 Å². The molecule has 3 aromatic rings. The Morgan fingerprint density at radius 1 is 1.05 bits per heavy atom. The smallest absolute Gasteiger partial charge is 0.335 e. The first kappa shape index (κ1) is 28.9. The fourth-order valence-corrected chi connectivity index (χ4v) is 6.25. The van der Waals surface area contributed by atoms with E-state index in [4.69, 9.17) is 9.47 Å². The van der Waals surface area contributed by atoms with Gasteiger partial charge in [-0.15, -0.1) is 0 Å². The van der Waals surface area contributed by atoms with Gasteiger partial charge < -0.3 is 29.7 Å². The van der Waals surface area contributed by atoms with Gasteiger partial charge in [0, 0.05) is 38.5 Å². The fourth-order valence-electron chi connectivity index (χ4n) is 6.25. The van der Waals surface area contributed by atoms with Crippen molar-refractivity contribution >= 4 is 29.2 Å². The van der Waals surface area contributed by atoms with Gasteiger partial charge in [-0.3, -0.25) is 9.59 Å². The molecule has 9 heteroatoms. The van der Waals surface area contributed by atoms with Gasteiger partial charge in [-0.25, -0.2) is 4.79 Å². The number of carboxylic acids is 1.